The first-order valence-corrected chi connectivity index (χ1v) is 7.49. The molecule has 0 spiro atoms. The van der Waals surface area contributed by atoms with E-state index in [0.29, 0.717) is 4.78 Å². The smallest absolute Gasteiger partial charge is 0.422 e. The van der Waals surface area contributed by atoms with Crippen LogP contribution in [0.15, 0.2) is 46.7 Å². The van der Waals surface area contributed by atoms with Crippen LogP contribution in [0.1, 0.15) is 5.56 Å². The molecule has 1 aromatic heterocycles. The molecule has 0 atom stereocenters. The number of benzene rings is 1. The standard InChI is InChI=1S/C11H11BO4S2/c1-9-4-6-10(7-5-9)18(14,15)16-12(13)11-3-2-8-17-11/h2-8,13H,1H3. The van der Waals surface area contributed by atoms with Crippen LogP contribution in [0.5, 0.6) is 0 Å². The zero-order valence-corrected chi connectivity index (χ0v) is 11.2. The fraction of sp³-hybridized carbons (Fsp3) is 0.0909. The van der Waals surface area contributed by atoms with Crippen LogP contribution in [0.3, 0.4) is 0 Å². The summed E-state index contributed by atoms with van der Waals surface area (Å²) in [5, 5.41) is 11.4. The van der Waals surface area contributed by atoms with Crippen molar-refractivity contribution in [3.05, 3.63) is 47.3 Å². The van der Waals surface area contributed by atoms with E-state index in [9.17, 15) is 13.4 Å². The van der Waals surface area contributed by atoms with Gasteiger partial charge in [0.05, 0.1) is 4.90 Å². The summed E-state index contributed by atoms with van der Waals surface area (Å²) in [6, 6.07) is 9.57. The Bertz CT molecular complexity index is 605. The van der Waals surface area contributed by atoms with Crippen molar-refractivity contribution in [2.24, 2.45) is 0 Å². The minimum absolute atomic E-state index is 0.0312. The maximum atomic E-state index is 11.9. The predicted molar refractivity (Wildman–Crippen MR) is 71.4 cm³/mol. The molecule has 0 unspecified atom stereocenters. The van der Waals surface area contributed by atoms with Crippen LogP contribution in [0, 0.1) is 6.92 Å². The summed E-state index contributed by atoms with van der Waals surface area (Å²) in [7, 11) is -5.41. The second kappa shape index (κ2) is 5.23. The van der Waals surface area contributed by atoms with E-state index in [1.54, 1.807) is 29.6 Å². The zero-order chi connectivity index (χ0) is 13.2. The molecule has 2 aromatic rings. The minimum atomic E-state index is -3.95. The highest BCUT2D eigenvalue weighted by molar-refractivity contribution is 7.87. The summed E-state index contributed by atoms with van der Waals surface area (Å²) in [5.74, 6) is 0. The maximum Gasteiger partial charge on any atom is 0.517 e. The van der Waals surface area contributed by atoms with E-state index in [4.69, 9.17) is 4.10 Å². The summed E-state index contributed by atoms with van der Waals surface area (Å²) in [4.78, 5) is 0.0312. The molecule has 0 amide bonds. The van der Waals surface area contributed by atoms with Crippen LogP contribution in [-0.2, 0) is 14.2 Å². The van der Waals surface area contributed by atoms with Crippen molar-refractivity contribution in [2.45, 2.75) is 11.8 Å². The van der Waals surface area contributed by atoms with E-state index < -0.39 is 17.2 Å². The van der Waals surface area contributed by atoms with Crippen molar-refractivity contribution in [3.63, 3.8) is 0 Å². The fourth-order valence-corrected chi connectivity index (χ4v) is 2.98. The molecule has 2 rings (SSSR count). The molecular formula is C11H11BO4S2. The molecule has 0 fully saturated rings. The first-order valence-electron chi connectivity index (χ1n) is 5.20. The molecule has 0 saturated carbocycles. The number of hydrogen-bond acceptors (Lipinski definition) is 5. The largest absolute Gasteiger partial charge is 0.517 e. The monoisotopic (exact) mass is 282 g/mol. The van der Waals surface area contributed by atoms with Gasteiger partial charge in [-0.3, -0.25) is 4.10 Å². The van der Waals surface area contributed by atoms with Gasteiger partial charge in [-0.25, -0.2) is 0 Å². The summed E-state index contributed by atoms with van der Waals surface area (Å²) in [6.45, 7) is 1.86. The number of aryl methyl sites for hydroxylation is 1. The number of hydrogen-bond donors (Lipinski definition) is 1. The summed E-state index contributed by atoms with van der Waals surface area (Å²) >= 11 is 1.23. The lowest BCUT2D eigenvalue weighted by Crippen LogP contribution is -2.33. The lowest BCUT2D eigenvalue weighted by molar-refractivity contribution is 0.420. The third kappa shape index (κ3) is 3.00. The Balaban J connectivity index is 2.20. The van der Waals surface area contributed by atoms with Crippen molar-refractivity contribution in [1.29, 1.82) is 0 Å². The fourth-order valence-electron chi connectivity index (χ4n) is 1.36. The molecule has 0 bridgehead atoms. The molecule has 1 N–H and O–H groups in total. The van der Waals surface area contributed by atoms with Crippen LogP contribution in [-0.4, -0.2) is 20.6 Å². The Labute approximate surface area is 110 Å². The highest BCUT2D eigenvalue weighted by atomic mass is 32.2. The average Bonchev–Trinajstić information content (AvgIpc) is 2.82. The second-order valence-corrected chi connectivity index (χ2v) is 6.28. The zero-order valence-electron chi connectivity index (χ0n) is 9.61. The molecule has 0 aliphatic heterocycles. The Morgan fingerprint density at radius 2 is 1.89 bits per heavy atom. The lowest BCUT2D eigenvalue weighted by Gasteiger charge is -2.07. The minimum Gasteiger partial charge on any atom is -0.422 e. The van der Waals surface area contributed by atoms with E-state index in [2.05, 4.69) is 0 Å². The van der Waals surface area contributed by atoms with Crippen molar-refractivity contribution < 1.29 is 17.5 Å². The van der Waals surface area contributed by atoms with Crippen molar-refractivity contribution in [1.82, 2.24) is 0 Å². The van der Waals surface area contributed by atoms with Gasteiger partial charge in [-0.2, -0.15) is 19.8 Å². The van der Waals surface area contributed by atoms with Gasteiger partial charge in [-0.1, -0.05) is 29.8 Å². The van der Waals surface area contributed by atoms with Gasteiger partial charge in [-0.15, -0.1) is 0 Å². The second-order valence-electron chi connectivity index (χ2n) is 3.73. The highest BCUT2D eigenvalue weighted by Crippen LogP contribution is 2.14. The Morgan fingerprint density at radius 3 is 2.44 bits per heavy atom. The van der Waals surface area contributed by atoms with Crippen LogP contribution < -0.4 is 4.78 Å². The third-order valence-corrected chi connectivity index (χ3v) is 4.50. The molecule has 1 aromatic carbocycles. The summed E-state index contributed by atoms with van der Waals surface area (Å²) in [5.41, 5.74) is 0.952. The van der Waals surface area contributed by atoms with Crippen molar-refractivity contribution >= 4 is 33.3 Å². The van der Waals surface area contributed by atoms with Gasteiger partial charge in [0.1, 0.15) is 0 Å². The predicted octanol–water partition coefficient (Wildman–Crippen LogP) is 1.15. The Hall–Kier alpha value is -1.15. The Kier molecular flexibility index (Phi) is 3.86. The molecule has 7 heteroatoms. The molecular weight excluding hydrogens is 271 g/mol. The quantitative estimate of drug-likeness (QED) is 0.854. The van der Waals surface area contributed by atoms with E-state index in [1.807, 2.05) is 6.92 Å². The van der Waals surface area contributed by atoms with Gasteiger partial charge in [0.25, 0.3) is 10.1 Å². The Morgan fingerprint density at radius 1 is 1.22 bits per heavy atom. The lowest BCUT2D eigenvalue weighted by atomic mass is 9.90. The summed E-state index contributed by atoms with van der Waals surface area (Å²) in [6.07, 6.45) is 0. The molecule has 0 radical (unpaired) electrons. The van der Waals surface area contributed by atoms with Crippen LogP contribution in [0.2, 0.25) is 0 Å². The SMILES string of the molecule is Cc1ccc(S(=O)(=O)OB(O)c2cccs2)cc1. The van der Waals surface area contributed by atoms with Gasteiger partial charge >= 0.3 is 7.12 Å². The van der Waals surface area contributed by atoms with E-state index in [1.165, 1.54) is 23.5 Å². The topological polar surface area (TPSA) is 63.6 Å². The van der Waals surface area contributed by atoms with Gasteiger partial charge in [0.15, 0.2) is 0 Å². The first-order chi connectivity index (χ1) is 8.49. The molecule has 94 valence electrons. The van der Waals surface area contributed by atoms with E-state index >= 15 is 0 Å². The highest BCUT2D eigenvalue weighted by Gasteiger charge is 2.27. The van der Waals surface area contributed by atoms with E-state index in [-0.39, 0.29) is 4.90 Å². The van der Waals surface area contributed by atoms with Gasteiger partial charge < -0.3 is 5.02 Å². The molecule has 18 heavy (non-hydrogen) atoms. The third-order valence-electron chi connectivity index (χ3n) is 2.31. The summed E-state index contributed by atoms with van der Waals surface area (Å²) < 4.78 is 28.9. The first kappa shape index (κ1) is 13.3. The molecule has 0 aliphatic rings. The van der Waals surface area contributed by atoms with Crippen molar-refractivity contribution in [2.75, 3.05) is 0 Å². The average molecular weight is 282 g/mol. The van der Waals surface area contributed by atoms with Crippen LogP contribution >= 0.6 is 11.3 Å². The van der Waals surface area contributed by atoms with Crippen molar-refractivity contribution in [3.8, 4) is 0 Å². The molecule has 1 heterocycles. The van der Waals surface area contributed by atoms with E-state index in [0.717, 1.165) is 5.56 Å². The molecule has 0 saturated heterocycles. The van der Waals surface area contributed by atoms with Gasteiger partial charge in [0, 0.05) is 4.78 Å². The van der Waals surface area contributed by atoms with Gasteiger partial charge in [-0.05, 0) is 24.4 Å². The normalized spacial score (nSPS) is 11.4. The van der Waals surface area contributed by atoms with Crippen LogP contribution in [0.25, 0.3) is 0 Å². The molecule has 0 aliphatic carbocycles. The van der Waals surface area contributed by atoms with Crippen LogP contribution in [0.4, 0.5) is 0 Å². The van der Waals surface area contributed by atoms with Gasteiger partial charge in [0.2, 0.25) is 0 Å². The maximum absolute atomic E-state index is 11.9. The number of thiophene rings is 1. The molecule has 4 nitrogen and oxygen atoms in total. The number of rotatable bonds is 4.